The quantitative estimate of drug-likeness (QED) is 0.864. The minimum Gasteiger partial charge on any atom is -0.481 e. The zero-order valence-corrected chi connectivity index (χ0v) is 9.40. The lowest BCUT2D eigenvalue weighted by Crippen LogP contribution is -2.35. The van der Waals surface area contributed by atoms with Crippen LogP contribution in [-0.2, 0) is 4.79 Å². The van der Waals surface area contributed by atoms with Gasteiger partial charge in [-0.05, 0) is 19.8 Å². The van der Waals surface area contributed by atoms with E-state index < -0.39 is 5.97 Å². The van der Waals surface area contributed by atoms with Crippen molar-refractivity contribution in [3.63, 3.8) is 0 Å². The Kier molecular flexibility index (Phi) is 2.78. The molecule has 0 spiro atoms. The third-order valence-electron chi connectivity index (χ3n) is 2.38. The van der Waals surface area contributed by atoms with E-state index in [9.17, 15) is 4.79 Å². The molecule has 2 unspecified atom stereocenters. The lowest BCUT2D eigenvalue weighted by Gasteiger charge is -2.31. The number of aliphatic carboxylic acids is 1. The molecule has 2 rings (SSSR count). The summed E-state index contributed by atoms with van der Waals surface area (Å²) in [5.74, 6) is -0.828. The van der Waals surface area contributed by atoms with Crippen LogP contribution in [0.15, 0.2) is 9.72 Å². The van der Waals surface area contributed by atoms with Crippen molar-refractivity contribution in [3.05, 3.63) is 11.1 Å². The Balaban J connectivity index is 1.95. The summed E-state index contributed by atoms with van der Waals surface area (Å²) in [4.78, 5) is 15.1. The van der Waals surface area contributed by atoms with E-state index in [4.69, 9.17) is 5.11 Å². The van der Waals surface area contributed by atoms with Crippen molar-refractivity contribution in [2.45, 2.75) is 29.4 Å². The Morgan fingerprint density at radius 1 is 1.71 bits per heavy atom. The second-order valence-corrected chi connectivity index (χ2v) is 5.78. The monoisotopic (exact) mass is 229 g/mol. The molecule has 0 aromatic carbocycles. The minimum atomic E-state index is -0.665. The van der Waals surface area contributed by atoms with Crippen LogP contribution in [0.1, 0.15) is 18.5 Å². The summed E-state index contributed by atoms with van der Waals surface area (Å²) in [6.45, 7) is 1.95. The van der Waals surface area contributed by atoms with E-state index in [1.807, 2.05) is 12.3 Å². The average molecular weight is 229 g/mol. The number of carbonyl (C=O) groups is 1. The molecule has 2 atom stereocenters. The first kappa shape index (κ1) is 9.98. The predicted octanol–water partition coefficient (Wildman–Crippen LogP) is 2.41. The van der Waals surface area contributed by atoms with Gasteiger partial charge in [0, 0.05) is 16.3 Å². The van der Waals surface area contributed by atoms with Gasteiger partial charge < -0.3 is 5.11 Å². The van der Waals surface area contributed by atoms with Crippen LogP contribution in [0.4, 0.5) is 0 Å². The molecule has 5 heteroatoms. The number of thioether (sulfide) groups is 1. The minimum absolute atomic E-state index is 0.163. The van der Waals surface area contributed by atoms with Gasteiger partial charge >= 0.3 is 5.97 Å². The first-order chi connectivity index (χ1) is 6.66. The van der Waals surface area contributed by atoms with Gasteiger partial charge in [-0.25, -0.2) is 4.98 Å². The normalized spacial score (nSPS) is 25.8. The molecule has 1 aliphatic rings. The Hall–Kier alpha value is -0.550. The first-order valence-electron chi connectivity index (χ1n) is 4.48. The van der Waals surface area contributed by atoms with Gasteiger partial charge in [0.15, 0.2) is 0 Å². The van der Waals surface area contributed by atoms with E-state index in [1.165, 1.54) is 0 Å². The van der Waals surface area contributed by atoms with Crippen molar-refractivity contribution >= 4 is 29.1 Å². The average Bonchev–Trinajstić information content (AvgIpc) is 2.44. The highest BCUT2D eigenvalue weighted by atomic mass is 32.2. The number of rotatable bonds is 3. The molecule has 1 saturated carbocycles. The molecular formula is C9H11NO2S2. The maximum absolute atomic E-state index is 10.8. The van der Waals surface area contributed by atoms with E-state index in [2.05, 4.69) is 4.98 Å². The summed E-state index contributed by atoms with van der Waals surface area (Å²) in [5.41, 5.74) is 1.02. The summed E-state index contributed by atoms with van der Waals surface area (Å²) in [5, 5.41) is 11.1. The van der Waals surface area contributed by atoms with Crippen LogP contribution in [0, 0.1) is 12.8 Å². The van der Waals surface area contributed by atoms with Gasteiger partial charge in [-0.2, -0.15) is 0 Å². The molecule has 3 nitrogen and oxygen atoms in total. The molecule has 76 valence electrons. The van der Waals surface area contributed by atoms with E-state index in [0.29, 0.717) is 0 Å². The Bertz CT molecular complexity index is 350. The molecule has 0 radical (unpaired) electrons. The Morgan fingerprint density at radius 3 is 2.93 bits per heavy atom. The largest absolute Gasteiger partial charge is 0.481 e. The molecule has 0 bridgehead atoms. The first-order valence-corrected chi connectivity index (χ1v) is 6.24. The number of aromatic nitrogens is 1. The highest BCUT2D eigenvalue weighted by molar-refractivity contribution is 8.01. The lowest BCUT2D eigenvalue weighted by atomic mass is 9.85. The molecular weight excluding hydrogens is 218 g/mol. The van der Waals surface area contributed by atoms with Crippen LogP contribution in [-0.4, -0.2) is 21.3 Å². The van der Waals surface area contributed by atoms with Crippen molar-refractivity contribution < 1.29 is 9.90 Å². The van der Waals surface area contributed by atoms with Gasteiger partial charge in [-0.3, -0.25) is 4.79 Å². The fraction of sp³-hybridized carbons (Fsp3) is 0.556. The Labute approximate surface area is 90.6 Å². The zero-order chi connectivity index (χ0) is 10.1. The third-order valence-corrected chi connectivity index (χ3v) is 4.87. The van der Waals surface area contributed by atoms with Gasteiger partial charge in [-0.15, -0.1) is 11.3 Å². The molecule has 1 fully saturated rings. The molecule has 0 aliphatic heterocycles. The number of aryl methyl sites for hydroxylation is 1. The van der Waals surface area contributed by atoms with Gasteiger partial charge in [0.2, 0.25) is 0 Å². The summed E-state index contributed by atoms with van der Waals surface area (Å²) in [6.07, 6.45) is 1.82. The highest BCUT2D eigenvalue weighted by Gasteiger charge is 2.37. The fourth-order valence-electron chi connectivity index (χ4n) is 1.41. The number of thiazole rings is 1. The number of nitrogens with zero attached hydrogens (tertiary/aromatic N) is 1. The number of hydrogen-bond acceptors (Lipinski definition) is 4. The lowest BCUT2D eigenvalue weighted by molar-refractivity contribution is -0.144. The standard InChI is InChI=1S/C9H11NO2S2/c1-5-4-13-9(10-5)14-7-3-2-6(7)8(11)12/h4,6-7H,2-3H2,1H3,(H,11,12). The number of hydrogen-bond donors (Lipinski definition) is 1. The zero-order valence-electron chi connectivity index (χ0n) is 7.77. The summed E-state index contributed by atoms with van der Waals surface area (Å²) in [7, 11) is 0. The van der Waals surface area contributed by atoms with Crippen molar-refractivity contribution in [2.75, 3.05) is 0 Å². The van der Waals surface area contributed by atoms with Crippen molar-refractivity contribution in [1.82, 2.24) is 4.98 Å². The second kappa shape index (κ2) is 3.90. The van der Waals surface area contributed by atoms with Gasteiger partial charge in [0.1, 0.15) is 4.34 Å². The number of carboxylic acid groups (broad SMARTS) is 1. The summed E-state index contributed by atoms with van der Waals surface area (Å²) in [6, 6.07) is 0. The van der Waals surface area contributed by atoms with Crippen molar-refractivity contribution in [3.8, 4) is 0 Å². The van der Waals surface area contributed by atoms with E-state index in [-0.39, 0.29) is 11.2 Å². The van der Waals surface area contributed by atoms with E-state index >= 15 is 0 Å². The smallest absolute Gasteiger partial charge is 0.307 e. The van der Waals surface area contributed by atoms with Gasteiger partial charge in [0.05, 0.1) is 5.92 Å². The molecule has 0 amide bonds. The Morgan fingerprint density at radius 2 is 2.50 bits per heavy atom. The molecule has 1 heterocycles. The molecule has 1 aromatic heterocycles. The van der Waals surface area contributed by atoms with Crippen molar-refractivity contribution in [2.24, 2.45) is 5.92 Å². The maximum atomic E-state index is 10.8. The molecule has 1 aromatic rings. The van der Waals surface area contributed by atoms with Crippen LogP contribution in [0.25, 0.3) is 0 Å². The van der Waals surface area contributed by atoms with Crippen LogP contribution in [0.3, 0.4) is 0 Å². The van der Waals surface area contributed by atoms with Crippen LogP contribution >= 0.6 is 23.1 Å². The summed E-state index contributed by atoms with van der Waals surface area (Å²) < 4.78 is 0.999. The van der Waals surface area contributed by atoms with Gasteiger partial charge in [-0.1, -0.05) is 11.8 Å². The highest BCUT2D eigenvalue weighted by Crippen LogP contribution is 2.42. The fourth-order valence-corrected chi connectivity index (χ4v) is 3.79. The molecule has 0 saturated heterocycles. The van der Waals surface area contributed by atoms with E-state index in [1.54, 1.807) is 23.1 Å². The second-order valence-electron chi connectivity index (χ2n) is 3.43. The van der Waals surface area contributed by atoms with Crippen LogP contribution < -0.4 is 0 Å². The predicted molar refractivity (Wildman–Crippen MR) is 56.9 cm³/mol. The third kappa shape index (κ3) is 1.93. The van der Waals surface area contributed by atoms with Crippen LogP contribution in [0.5, 0.6) is 0 Å². The molecule has 1 N–H and O–H groups in total. The summed E-state index contributed by atoms with van der Waals surface area (Å²) >= 11 is 3.21. The van der Waals surface area contributed by atoms with Gasteiger partial charge in [0.25, 0.3) is 0 Å². The topological polar surface area (TPSA) is 50.2 Å². The SMILES string of the molecule is Cc1csc(SC2CCC2C(=O)O)n1. The maximum Gasteiger partial charge on any atom is 0.307 e. The van der Waals surface area contributed by atoms with E-state index in [0.717, 1.165) is 22.9 Å². The molecule has 1 aliphatic carbocycles. The molecule has 14 heavy (non-hydrogen) atoms. The number of carboxylic acids is 1. The van der Waals surface area contributed by atoms with Crippen molar-refractivity contribution in [1.29, 1.82) is 0 Å². The van der Waals surface area contributed by atoms with Crippen LogP contribution in [0.2, 0.25) is 0 Å².